The van der Waals surface area contributed by atoms with E-state index in [9.17, 15) is 10.1 Å². The molecule has 3 aromatic rings. The van der Waals surface area contributed by atoms with Crippen molar-refractivity contribution in [3.63, 3.8) is 0 Å². The van der Waals surface area contributed by atoms with Gasteiger partial charge in [-0.1, -0.05) is 68.8 Å². The molecule has 36 heavy (non-hydrogen) atoms. The van der Waals surface area contributed by atoms with E-state index in [4.69, 9.17) is 11.6 Å². The Morgan fingerprint density at radius 2 is 2.19 bits per heavy atom. The molecule has 0 saturated heterocycles. The first-order valence-corrected chi connectivity index (χ1v) is 14.2. The van der Waals surface area contributed by atoms with Gasteiger partial charge in [0.05, 0.1) is 16.3 Å². The summed E-state index contributed by atoms with van der Waals surface area (Å²) in [6.45, 7) is 11.2. The van der Waals surface area contributed by atoms with Crippen molar-refractivity contribution in [3.05, 3.63) is 57.9 Å². The van der Waals surface area contributed by atoms with Crippen LogP contribution in [0.1, 0.15) is 49.6 Å². The van der Waals surface area contributed by atoms with Crippen molar-refractivity contribution in [2.75, 3.05) is 11.1 Å². The molecule has 6 nitrogen and oxygen atoms in total. The highest BCUT2D eigenvalue weighted by Crippen LogP contribution is 2.45. The number of hydrogen-bond acceptors (Lipinski definition) is 6. The number of aromatic nitrogens is 3. The van der Waals surface area contributed by atoms with Gasteiger partial charge in [-0.3, -0.25) is 9.36 Å². The van der Waals surface area contributed by atoms with E-state index >= 15 is 0 Å². The lowest BCUT2D eigenvalue weighted by Gasteiger charge is -2.36. The monoisotopic (exact) mass is 539 g/mol. The summed E-state index contributed by atoms with van der Waals surface area (Å²) in [5.41, 5.74) is 2.77. The summed E-state index contributed by atoms with van der Waals surface area (Å²) in [4.78, 5) is 14.1. The molecule has 0 fully saturated rings. The molecule has 0 radical (unpaired) electrons. The Hall–Kier alpha value is -2.60. The van der Waals surface area contributed by atoms with Gasteiger partial charge in [-0.05, 0) is 48.3 Å². The Bertz CT molecular complexity index is 1320. The number of anilines is 1. The van der Waals surface area contributed by atoms with Crippen LogP contribution >= 0.6 is 34.7 Å². The number of nitrogens with zero attached hydrogens (tertiary/aromatic N) is 4. The number of carbonyl (C=O) groups excluding carboxylic acids is 1. The van der Waals surface area contributed by atoms with Crippen molar-refractivity contribution in [2.45, 2.75) is 58.2 Å². The van der Waals surface area contributed by atoms with E-state index in [0.717, 1.165) is 36.8 Å². The predicted molar refractivity (Wildman–Crippen MR) is 149 cm³/mol. The highest BCUT2D eigenvalue weighted by molar-refractivity contribution is 7.99. The van der Waals surface area contributed by atoms with Crippen LogP contribution in [0.4, 0.5) is 5.00 Å². The molecule has 0 aliphatic heterocycles. The van der Waals surface area contributed by atoms with Crippen molar-refractivity contribution in [1.82, 2.24) is 14.8 Å². The van der Waals surface area contributed by atoms with E-state index in [1.807, 2.05) is 28.8 Å². The summed E-state index contributed by atoms with van der Waals surface area (Å²) in [5.74, 6) is 1.19. The minimum atomic E-state index is -0.173. The van der Waals surface area contributed by atoms with Crippen LogP contribution in [-0.2, 0) is 24.2 Å². The summed E-state index contributed by atoms with van der Waals surface area (Å²) in [6, 6.07) is 9.80. The third-order valence-electron chi connectivity index (χ3n) is 7.12. The van der Waals surface area contributed by atoms with E-state index in [0.29, 0.717) is 39.0 Å². The van der Waals surface area contributed by atoms with Gasteiger partial charge in [0.2, 0.25) is 5.91 Å². The van der Waals surface area contributed by atoms with Gasteiger partial charge in [0, 0.05) is 17.0 Å². The van der Waals surface area contributed by atoms with Crippen LogP contribution in [0.3, 0.4) is 0 Å². The molecule has 1 unspecified atom stereocenters. The fourth-order valence-electron chi connectivity index (χ4n) is 4.57. The maximum absolute atomic E-state index is 12.9. The number of thiophene rings is 1. The number of nitriles is 1. The Kier molecular flexibility index (Phi) is 8.23. The van der Waals surface area contributed by atoms with Gasteiger partial charge in [0.15, 0.2) is 11.0 Å². The Labute approximate surface area is 225 Å². The summed E-state index contributed by atoms with van der Waals surface area (Å²) in [7, 11) is 0. The number of allylic oxidation sites excluding steroid dienone is 1. The van der Waals surface area contributed by atoms with Crippen molar-refractivity contribution in [3.8, 4) is 17.5 Å². The van der Waals surface area contributed by atoms with E-state index < -0.39 is 0 Å². The largest absolute Gasteiger partial charge is 0.316 e. The molecule has 1 atom stereocenters. The Balaban J connectivity index is 1.48. The van der Waals surface area contributed by atoms with E-state index in [1.165, 1.54) is 16.6 Å². The molecule has 188 valence electrons. The second-order valence-electron chi connectivity index (χ2n) is 9.62. The lowest BCUT2D eigenvalue weighted by molar-refractivity contribution is -0.113. The molecule has 1 amide bonds. The normalized spacial score (nSPS) is 15.2. The summed E-state index contributed by atoms with van der Waals surface area (Å²) < 4.78 is 1.90. The number of benzene rings is 1. The number of fused-ring (bicyclic) bond motifs is 1. The zero-order valence-corrected chi connectivity index (χ0v) is 23.2. The van der Waals surface area contributed by atoms with Crippen molar-refractivity contribution >= 4 is 45.6 Å². The quantitative estimate of drug-likeness (QED) is 0.234. The maximum Gasteiger partial charge on any atom is 0.235 e. The standard InChI is InChI=1S/C27H30ClN5OS2/c1-5-13-33-24(19-9-7-8-10-21(19)28)31-32-26(33)35-16-23(34)30-25-20(15-29)18-12-11-17(14-22(18)36-25)27(3,4)6-2/h5,7-10,17H,1,6,11-14,16H2,2-4H3,(H,30,34). The topological polar surface area (TPSA) is 83.6 Å². The van der Waals surface area contributed by atoms with Gasteiger partial charge in [-0.2, -0.15) is 5.26 Å². The van der Waals surface area contributed by atoms with Crippen LogP contribution in [0.5, 0.6) is 0 Å². The molecular weight excluding hydrogens is 510 g/mol. The summed E-state index contributed by atoms with van der Waals surface area (Å²) >= 11 is 9.22. The fraction of sp³-hybridized carbons (Fsp3) is 0.407. The fourth-order valence-corrected chi connectivity index (χ4v) is 6.83. The van der Waals surface area contributed by atoms with Crippen molar-refractivity contribution in [1.29, 1.82) is 5.26 Å². The molecule has 1 aromatic carbocycles. The molecule has 0 saturated carbocycles. The number of halogens is 1. The maximum atomic E-state index is 12.9. The molecule has 0 spiro atoms. The van der Waals surface area contributed by atoms with Crippen LogP contribution in [0.15, 0.2) is 42.1 Å². The number of rotatable bonds is 9. The van der Waals surface area contributed by atoms with Gasteiger partial charge < -0.3 is 5.32 Å². The number of amides is 1. The van der Waals surface area contributed by atoms with Gasteiger partial charge in [-0.25, -0.2) is 0 Å². The van der Waals surface area contributed by atoms with Crippen LogP contribution in [0.2, 0.25) is 5.02 Å². The third-order valence-corrected chi connectivity index (χ3v) is 9.59. The van der Waals surface area contributed by atoms with Crippen molar-refractivity contribution < 1.29 is 4.79 Å². The lowest BCUT2D eigenvalue weighted by atomic mass is 9.69. The molecule has 1 aliphatic carbocycles. The van der Waals surface area contributed by atoms with Crippen LogP contribution in [0.25, 0.3) is 11.4 Å². The number of thioether (sulfide) groups is 1. The first-order valence-electron chi connectivity index (χ1n) is 12.0. The minimum Gasteiger partial charge on any atom is -0.316 e. The minimum absolute atomic E-state index is 0.150. The zero-order valence-electron chi connectivity index (χ0n) is 20.8. The van der Waals surface area contributed by atoms with Gasteiger partial charge >= 0.3 is 0 Å². The number of hydrogen-bond donors (Lipinski definition) is 1. The molecule has 0 bridgehead atoms. The third kappa shape index (κ3) is 5.39. The molecule has 2 aromatic heterocycles. The Morgan fingerprint density at radius 1 is 1.42 bits per heavy atom. The summed E-state index contributed by atoms with van der Waals surface area (Å²) in [6.07, 6.45) is 5.82. The van der Waals surface area contributed by atoms with Gasteiger partial charge in [-0.15, -0.1) is 28.1 Å². The first kappa shape index (κ1) is 26.5. The highest BCUT2D eigenvalue weighted by atomic mass is 35.5. The summed E-state index contributed by atoms with van der Waals surface area (Å²) in [5, 5.41) is 23.3. The second-order valence-corrected chi connectivity index (χ2v) is 12.1. The van der Waals surface area contributed by atoms with Crippen molar-refractivity contribution in [2.24, 2.45) is 11.3 Å². The molecule has 4 rings (SSSR count). The van der Waals surface area contributed by atoms with Crippen LogP contribution in [-0.4, -0.2) is 26.4 Å². The average Bonchev–Trinajstić information content (AvgIpc) is 3.43. The average molecular weight is 540 g/mol. The smallest absolute Gasteiger partial charge is 0.235 e. The lowest BCUT2D eigenvalue weighted by Crippen LogP contribution is -2.28. The van der Waals surface area contributed by atoms with Crippen LogP contribution in [0, 0.1) is 22.7 Å². The van der Waals surface area contributed by atoms with E-state index in [1.54, 1.807) is 17.4 Å². The van der Waals surface area contributed by atoms with E-state index in [2.05, 4.69) is 48.9 Å². The Morgan fingerprint density at radius 3 is 2.89 bits per heavy atom. The van der Waals surface area contributed by atoms with Crippen LogP contribution < -0.4 is 5.32 Å². The first-order chi connectivity index (χ1) is 17.3. The second kappa shape index (κ2) is 11.2. The number of nitrogens with one attached hydrogen (secondary N) is 1. The molecule has 9 heteroatoms. The SMILES string of the molecule is C=CCn1c(SCC(=O)Nc2sc3c(c2C#N)CCC(C(C)(C)CC)C3)nnc1-c1ccccc1Cl. The highest BCUT2D eigenvalue weighted by Gasteiger charge is 2.34. The zero-order chi connectivity index (χ0) is 25.9. The van der Waals surface area contributed by atoms with Gasteiger partial charge in [0.25, 0.3) is 0 Å². The molecular formula is C27H30ClN5OS2. The molecule has 1 N–H and O–H groups in total. The van der Waals surface area contributed by atoms with Gasteiger partial charge in [0.1, 0.15) is 11.1 Å². The van der Waals surface area contributed by atoms with E-state index in [-0.39, 0.29) is 17.1 Å². The number of carbonyl (C=O) groups is 1. The molecule has 1 aliphatic rings. The predicted octanol–water partition coefficient (Wildman–Crippen LogP) is 6.99. The molecule has 2 heterocycles.